The second kappa shape index (κ2) is 6.18. The molecule has 1 unspecified atom stereocenters. The van der Waals surface area contributed by atoms with E-state index < -0.39 is 4.92 Å². The summed E-state index contributed by atoms with van der Waals surface area (Å²) in [7, 11) is 0. The summed E-state index contributed by atoms with van der Waals surface area (Å²) in [4.78, 5) is 16.3. The van der Waals surface area contributed by atoms with E-state index in [0.29, 0.717) is 11.7 Å². The number of hydrogen-bond acceptors (Lipinski definition) is 5. The molecule has 0 amide bonds. The summed E-state index contributed by atoms with van der Waals surface area (Å²) in [6.45, 7) is 8.00. The predicted octanol–water partition coefficient (Wildman–Crippen LogP) is 2.44. The summed E-state index contributed by atoms with van der Waals surface area (Å²) in [5.74, 6) is 1.21. The van der Waals surface area contributed by atoms with E-state index >= 15 is 0 Å². The number of hydrogen-bond donors (Lipinski definition) is 1. The van der Waals surface area contributed by atoms with Gasteiger partial charge in [0.15, 0.2) is 0 Å². The van der Waals surface area contributed by atoms with Crippen LogP contribution in [0.1, 0.15) is 27.2 Å². The molecule has 2 N–H and O–H groups in total. The maximum atomic E-state index is 10.7. The van der Waals surface area contributed by atoms with Crippen LogP contribution in [0.25, 0.3) is 0 Å². The van der Waals surface area contributed by atoms with Crippen molar-refractivity contribution in [2.45, 2.75) is 27.2 Å². The second-order valence-corrected chi connectivity index (χ2v) is 4.38. The SMILES string of the molecule is CCC(C)CN(CC)c1ccc([N+](=O)[O-])c(N)n1. The van der Waals surface area contributed by atoms with Crippen molar-refractivity contribution in [3.8, 4) is 0 Å². The van der Waals surface area contributed by atoms with Gasteiger partial charge < -0.3 is 10.6 Å². The summed E-state index contributed by atoms with van der Waals surface area (Å²) >= 11 is 0. The lowest BCUT2D eigenvalue weighted by molar-refractivity contribution is -0.384. The van der Waals surface area contributed by atoms with Crippen LogP contribution in [0.2, 0.25) is 0 Å². The van der Waals surface area contributed by atoms with E-state index in [9.17, 15) is 10.1 Å². The van der Waals surface area contributed by atoms with Gasteiger partial charge in [-0.25, -0.2) is 4.98 Å². The van der Waals surface area contributed by atoms with Gasteiger partial charge in [-0.05, 0) is 18.9 Å². The third kappa shape index (κ3) is 3.32. The number of anilines is 2. The van der Waals surface area contributed by atoms with E-state index in [2.05, 4.69) is 23.7 Å². The highest BCUT2D eigenvalue weighted by Gasteiger charge is 2.16. The number of rotatable bonds is 6. The fourth-order valence-electron chi connectivity index (χ4n) is 1.68. The lowest BCUT2D eigenvalue weighted by atomic mass is 10.1. The summed E-state index contributed by atoms with van der Waals surface area (Å²) in [6, 6.07) is 3.07. The first-order valence-electron chi connectivity index (χ1n) is 6.15. The first-order valence-corrected chi connectivity index (χ1v) is 6.15. The molecular weight excluding hydrogens is 232 g/mol. The minimum atomic E-state index is -0.517. The highest BCUT2D eigenvalue weighted by molar-refractivity contribution is 5.57. The van der Waals surface area contributed by atoms with Crippen LogP contribution in [0.5, 0.6) is 0 Å². The van der Waals surface area contributed by atoms with Gasteiger partial charge in [0.2, 0.25) is 5.82 Å². The zero-order valence-electron chi connectivity index (χ0n) is 11.1. The van der Waals surface area contributed by atoms with Gasteiger partial charge >= 0.3 is 5.69 Å². The Balaban J connectivity index is 2.94. The Hall–Kier alpha value is -1.85. The minimum Gasteiger partial charge on any atom is -0.378 e. The average Bonchev–Trinajstić information content (AvgIpc) is 2.34. The lowest BCUT2D eigenvalue weighted by Gasteiger charge is -2.25. The van der Waals surface area contributed by atoms with Crippen LogP contribution >= 0.6 is 0 Å². The van der Waals surface area contributed by atoms with Crippen molar-refractivity contribution in [1.82, 2.24) is 4.98 Å². The molecule has 1 atom stereocenters. The molecule has 0 saturated carbocycles. The number of nitro groups is 1. The van der Waals surface area contributed by atoms with Crippen molar-refractivity contribution in [2.24, 2.45) is 5.92 Å². The highest BCUT2D eigenvalue weighted by Crippen LogP contribution is 2.23. The number of aromatic nitrogens is 1. The van der Waals surface area contributed by atoms with E-state index in [-0.39, 0.29) is 11.5 Å². The van der Waals surface area contributed by atoms with Crippen molar-refractivity contribution < 1.29 is 4.92 Å². The third-order valence-corrected chi connectivity index (χ3v) is 3.02. The third-order valence-electron chi connectivity index (χ3n) is 3.02. The molecule has 0 bridgehead atoms. The molecule has 0 aliphatic heterocycles. The average molecular weight is 252 g/mol. The van der Waals surface area contributed by atoms with Gasteiger partial charge in [0.25, 0.3) is 0 Å². The summed E-state index contributed by atoms with van der Waals surface area (Å²) in [6.07, 6.45) is 1.08. The number of nitrogens with two attached hydrogens (primary N) is 1. The fourth-order valence-corrected chi connectivity index (χ4v) is 1.68. The molecule has 6 nitrogen and oxygen atoms in total. The Kier molecular flexibility index (Phi) is 4.88. The number of pyridine rings is 1. The van der Waals surface area contributed by atoms with Crippen molar-refractivity contribution in [1.29, 1.82) is 0 Å². The van der Waals surface area contributed by atoms with Crippen LogP contribution in [0.15, 0.2) is 12.1 Å². The molecule has 1 rings (SSSR count). The van der Waals surface area contributed by atoms with Gasteiger partial charge in [-0.2, -0.15) is 0 Å². The Bertz CT molecular complexity index is 423. The molecule has 6 heteroatoms. The van der Waals surface area contributed by atoms with Gasteiger partial charge in [0.1, 0.15) is 5.82 Å². The number of nitrogens with zero attached hydrogens (tertiary/aromatic N) is 3. The van der Waals surface area contributed by atoms with Gasteiger partial charge in [0, 0.05) is 19.2 Å². The summed E-state index contributed by atoms with van der Waals surface area (Å²) < 4.78 is 0. The Morgan fingerprint density at radius 3 is 2.61 bits per heavy atom. The van der Waals surface area contributed by atoms with E-state index in [4.69, 9.17) is 5.73 Å². The second-order valence-electron chi connectivity index (χ2n) is 4.38. The molecule has 0 aliphatic rings. The Morgan fingerprint density at radius 2 is 2.17 bits per heavy atom. The lowest BCUT2D eigenvalue weighted by Crippen LogP contribution is -2.29. The van der Waals surface area contributed by atoms with Gasteiger partial charge in [-0.1, -0.05) is 20.3 Å². The summed E-state index contributed by atoms with van der Waals surface area (Å²) in [5.41, 5.74) is 5.46. The monoisotopic (exact) mass is 252 g/mol. The van der Waals surface area contributed by atoms with E-state index in [1.54, 1.807) is 6.07 Å². The normalized spacial score (nSPS) is 12.2. The van der Waals surface area contributed by atoms with E-state index in [1.165, 1.54) is 6.07 Å². The largest absolute Gasteiger partial charge is 0.378 e. The molecule has 0 fully saturated rings. The van der Waals surface area contributed by atoms with Crippen LogP contribution < -0.4 is 10.6 Å². The molecule has 1 aromatic rings. The molecule has 18 heavy (non-hydrogen) atoms. The van der Waals surface area contributed by atoms with Gasteiger partial charge in [0.05, 0.1) is 4.92 Å². The molecule has 1 aromatic heterocycles. The van der Waals surface area contributed by atoms with Crippen LogP contribution in [0.3, 0.4) is 0 Å². The molecular formula is C12H20N4O2. The topological polar surface area (TPSA) is 85.3 Å². The smallest absolute Gasteiger partial charge is 0.311 e. The van der Waals surface area contributed by atoms with Crippen LogP contribution in [-0.4, -0.2) is 23.0 Å². The summed E-state index contributed by atoms with van der Waals surface area (Å²) in [5, 5.41) is 10.7. The van der Waals surface area contributed by atoms with Crippen molar-refractivity contribution >= 4 is 17.3 Å². The maximum Gasteiger partial charge on any atom is 0.311 e. The first-order chi connectivity index (χ1) is 8.49. The van der Waals surface area contributed by atoms with Gasteiger partial charge in [-0.3, -0.25) is 10.1 Å². The molecule has 0 spiro atoms. The molecule has 0 aromatic carbocycles. The van der Waals surface area contributed by atoms with Gasteiger partial charge in [-0.15, -0.1) is 0 Å². The standard InChI is InChI=1S/C12H20N4O2/c1-4-9(3)8-15(5-2)11-7-6-10(16(17)18)12(13)14-11/h6-7,9H,4-5,8H2,1-3H3,(H2,13,14). The molecule has 0 saturated heterocycles. The maximum absolute atomic E-state index is 10.7. The predicted molar refractivity (Wildman–Crippen MR) is 72.6 cm³/mol. The van der Waals surface area contributed by atoms with Crippen molar-refractivity contribution in [3.05, 3.63) is 22.2 Å². The van der Waals surface area contributed by atoms with Crippen LogP contribution in [-0.2, 0) is 0 Å². The Morgan fingerprint density at radius 1 is 1.50 bits per heavy atom. The van der Waals surface area contributed by atoms with Crippen LogP contribution in [0, 0.1) is 16.0 Å². The zero-order chi connectivity index (χ0) is 13.7. The van der Waals surface area contributed by atoms with Crippen molar-refractivity contribution in [3.63, 3.8) is 0 Å². The quantitative estimate of drug-likeness (QED) is 0.620. The molecule has 1 heterocycles. The Labute approximate surface area is 107 Å². The zero-order valence-corrected chi connectivity index (χ0v) is 11.1. The minimum absolute atomic E-state index is 0.0277. The number of nitrogen functional groups attached to an aromatic ring is 1. The highest BCUT2D eigenvalue weighted by atomic mass is 16.6. The fraction of sp³-hybridized carbons (Fsp3) is 0.583. The molecule has 0 radical (unpaired) electrons. The van der Waals surface area contributed by atoms with E-state index in [0.717, 1.165) is 19.5 Å². The molecule has 100 valence electrons. The first kappa shape index (κ1) is 14.2. The van der Waals surface area contributed by atoms with Crippen molar-refractivity contribution in [2.75, 3.05) is 23.7 Å². The molecule has 0 aliphatic carbocycles. The van der Waals surface area contributed by atoms with E-state index in [1.807, 2.05) is 6.92 Å². The van der Waals surface area contributed by atoms with Crippen LogP contribution in [0.4, 0.5) is 17.3 Å².